The number of anilines is 1. The van der Waals surface area contributed by atoms with Crippen LogP contribution in [0.15, 0.2) is 28.7 Å². The van der Waals surface area contributed by atoms with E-state index in [4.69, 9.17) is 0 Å². The number of hydrogen-bond acceptors (Lipinski definition) is 4. The molecule has 0 aromatic heterocycles. The van der Waals surface area contributed by atoms with E-state index in [1.807, 2.05) is 24.3 Å². The monoisotopic (exact) mass is 382 g/mol. The number of nitrogens with one attached hydrogen (secondary N) is 3. The van der Waals surface area contributed by atoms with Gasteiger partial charge in [0.25, 0.3) is 0 Å². The lowest BCUT2D eigenvalue weighted by Crippen LogP contribution is -2.46. The minimum absolute atomic E-state index is 0.0246. The van der Waals surface area contributed by atoms with Crippen molar-refractivity contribution in [2.75, 3.05) is 18.9 Å². The van der Waals surface area contributed by atoms with E-state index in [0.29, 0.717) is 11.7 Å². The zero-order valence-electron chi connectivity index (χ0n) is 13.4. The smallest absolute Gasteiger partial charge is 0.244 e. The molecule has 1 heterocycles. The van der Waals surface area contributed by atoms with E-state index in [1.165, 1.54) is 4.90 Å². The Hall–Kier alpha value is -1.44. The molecule has 6 nitrogen and oxygen atoms in total. The number of rotatable bonds is 6. The lowest BCUT2D eigenvalue weighted by molar-refractivity contribution is -0.134. The van der Waals surface area contributed by atoms with Crippen molar-refractivity contribution in [1.82, 2.24) is 15.8 Å². The van der Waals surface area contributed by atoms with E-state index in [1.54, 1.807) is 7.05 Å². The second kappa shape index (κ2) is 8.42. The Morgan fingerprint density at radius 3 is 2.78 bits per heavy atom. The third kappa shape index (κ3) is 5.02. The number of carbonyl (C=O) groups excluding carboxylic acids is 2. The number of para-hydroxylation sites is 1. The van der Waals surface area contributed by atoms with Gasteiger partial charge in [-0.15, -0.1) is 0 Å². The summed E-state index contributed by atoms with van der Waals surface area (Å²) in [6.07, 6.45) is 2.86. The predicted octanol–water partition coefficient (Wildman–Crippen LogP) is 1.88. The van der Waals surface area contributed by atoms with Gasteiger partial charge in [-0.25, -0.2) is 5.43 Å². The lowest BCUT2D eigenvalue weighted by atomic mass is 10.1. The van der Waals surface area contributed by atoms with Gasteiger partial charge < -0.3 is 10.2 Å². The molecule has 1 aliphatic heterocycles. The van der Waals surface area contributed by atoms with Gasteiger partial charge in [0.2, 0.25) is 11.8 Å². The minimum atomic E-state index is -0.271. The Morgan fingerprint density at radius 1 is 1.35 bits per heavy atom. The molecule has 0 spiro atoms. The molecule has 0 saturated carbocycles. The fourth-order valence-electron chi connectivity index (χ4n) is 2.63. The topological polar surface area (TPSA) is 73.5 Å². The summed E-state index contributed by atoms with van der Waals surface area (Å²) in [5, 5.41) is 2.80. The number of hydrazine groups is 1. The molecule has 126 valence electrons. The summed E-state index contributed by atoms with van der Waals surface area (Å²) in [5.41, 5.74) is 6.86. The first-order valence-corrected chi connectivity index (χ1v) is 8.61. The van der Waals surface area contributed by atoms with Crippen LogP contribution >= 0.6 is 15.9 Å². The van der Waals surface area contributed by atoms with Crippen LogP contribution in [0.1, 0.15) is 26.2 Å². The van der Waals surface area contributed by atoms with Crippen LogP contribution in [0.2, 0.25) is 0 Å². The van der Waals surface area contributed by atoms with Gasteiger partial charge in [0, 0.05) is 17.6 Å². The van der Waals surface area contributed by atoms with Crippen LogP contribution in [0, 0.1) is 0 Å². The Morgan fingerprint density at radius 2 is 2.09 bits per heavy atom. The van der Waals surface area contributed by atoms with Crippen molar-refractivity contribution in [3.63, 3.8) is 0 Å². The molecular formula is C16H23BrN4O2. The number of likely N-dealkylation sites (N-methyl/N-ethyl adjacent to an activating group) is 1. The Balaban J connectivity index is 1.84. The van der Waals surface area contributed by atoms with Crippen molar-refractivity contribution in [2.24, 2.45) is 0 Å². The van der Waals surface area contributed by atoms with Gasteiger partial charge in [0.15, 0.2) is 0 Å². The molecule has 0 radical (unpaired) electrons. The fraction of sp³-hybridized carbons (Fsp3) is 0.500. The Bertz CT molecular complexity index is 567. The molecule has 0 bridgehead atoms. The number of halogens is 1. The summed E-state index contributed by atoms with van der Waals surface area (Å²) in [4.78, 5) is 25.9. The van der Waals surface area contributed by atoms with Crippen LogP contribution in [0.25, 0.3) is 0 Å². The van der Waals surface area contributed by atoms with Gasteiger partial charge >= 0.3 is 0 Å². The van der Waals surface area contributed by atoms with Crippen molar-refractivity contribution in [3.05, 3.63) is 28.7 Å². The molecule has 7 heteroatoms. The van der Waals surface area contributed by atoms with Crippen LogP contribution in [-0.2, 0) is 9.59 Å². The normalized spacial score (nSPS) is 20.3. The summed E-state index contributed by atoms with van der Waals surface area (Å²) in [6, 6.07) is 7.43. The molecule has 2 atom stereocenters. The number of nitrogens with zero attached hydrogens (tertiary/aromatic N) is 1. The van der Waals surface area contributed by atoms with E-state index in [2.05, 4.69) is 39.0 Å². The third-order valence-corrected chi connectivity index (χ3v) is 4.51. The average molecular weight is 383 g/mol. The second-order valence-corrected chi connectivity index (χ2v) is 6.64. The third-order valence-electron chi connectivity index (χ3n) is 3.82. The minimum Gasteiger partial charge on any atom is -0.335 e. The molecule has 2 unspecified atom stereocenters. The number of carbonyl (C=O) groups is 2. The van der Waals surface area contributed by atoms with Crippen LogP contribution in [0.4, 0.5) is 5.69 Å². The first-order valence-electron chi connectivity index (χ1n) is 7.81. The molecule has 1 aliphatic rings. The highest BCUT2D eigenvalue weighted by atomic mass is 79.9. The highest BCUT2D eigenvalue weighted by Crippen LogP contribution is 2.21. The van der Waals surface area contributed by atoms with Crippen molar-refractivity contribution in [1.29, 1.82) is 0 Å². The van der Waals surface area contributed by atoms with Crippen molar-refractivity contribution >= 4 is 33.4 Å². The standard InChI is InChI=1S/C16H23BrN4O2/c1-3-6-11-9-14(20-19-11)16(23)21(2)10-15(22)18-13-8-5-4-7-12(13)17/h4-5,7-8,11,14,19-20H,3,6,9-10H2,1-2H3,(H,18,22). The highest BCUT2D eigenvalue weighted by Gasteiger charge is 2.31. The summed E-state index contributed by atoms with van der Waals surface area (Å²) in [5.74, 6) is -0.290. The molecule has 23 heavy (non-hydrogen) atoms. The zero-order chi connectivity index (χ0) is 16.8. The van der Waals surface area contributed by atoms with E-state index in [9.17, 15) is 9.59 Å². The maximum atomic E-state index is 12.4. The molecular weight excluding hydrogens is 360 g/mol. The summed E-state index contributed by atoms with van der Waals surface area (Å²) in [6.45, 7) is 2.14. The first kappa shape index (κ1) is 17.9. The van der Waals surface area contributed by atoms with E-state index in [-0.39, 0.29) is 24.4 Å². The van der Waals surface area contributed by atoms with E-state index < -0.39 is 0 Å². The predicted molar refractivity (Wildman–Crippen MR) is 93.8 cm³/mol. The Labute approximate surface area is 145 Å². The Kier molecular flexibility index (Phi) is 6.56. The average Bonchev–Trinajstić information content (AvgIpc) is 2.97. The van der Waals surface area contributed by atoms with E-state index >= 15 is 0 Å². The van der Waals surface area contributed by atoms with E-state index in [0.717, 1.165) is 23.7 Å². The van der Waals surface area contributed by atoms with Gasteiger partial charge in [0.05, 0.1) is 12.2 Å². The summed E-state index contributed by atoms with van der Waals surface area (Å²) < 4.78 is 0.811. The summed E-state index contributed by atoms with van der Waals surface area (Å²) in [7, 11) is 1.65. The molecule has 2 amide bonds. The second-order valence-electron chi connectivity index (χ2n) is 5.78. The van der Waals surface area contributed by atoms with Crippen LogP contribution in [0.3, 0.4) is 0 Å². The van der Waals surface area contributed by atoms with Gasteiger partial charge in [-0.1, -0.05) is 25.5 Å². The molecule has 1 saturated heterocycles. The van der Waals surface area contributed by atoms with Gasteiger partial charge in [-0.05, 0) is 40.9 Å². The molecule has 2 rings (SSSR count). The van der Waals surface area contributed by atoms with Gasteiger partial charge in [0.1, 0.15) is 6.04 Å². The van der Waals surface area contributed by atoms with Gasteiger partial charge in [-0.3, -0.25) is 15.0 Å². The number of amides is 2. The van der Waals surface area contributed by atoms with Crippen molar-refractivity contribution in [3.8, 4) is 0 Å². The van der Waals surface area contributed by atoms with Crippen LogP contribution < -0.4 is 16.2 Å². The maximum Gasteiger partial charge on any atom is 0.244 e. The molecule has 0 aliphatic carbocycles. The van der Waals surface area contributed by atoms with Crippen LogP contribution in [0.5, 0.6) is 0 Å². The zero-order valence-corrected chi connectivity index (χ0v) is 15.0. The maximum absolute atomic E-state index is 12.4. The van der Waals surface area contributed by atoms with Crippen LogP contribution in [-0.4, -0.2) is 42.4 Å². The lowest BCUT2D eigenvalue weighted by Gasteiger charge is -2.20. The number of hydrogen-bond donors (Lipinski definition) is 3. The van der Waals surface area contributed by atoms with Gasteiger partial charge in [-0.2, -0.15) is 0 Å². The van der Waals surface area contributed by atoms with Crippen molar-refractivity contribution < 1.29 is 9.59 Å². The fourth-order valence-corrected chi connectivity index (χ4v) is 3.02. The van der Waals surface area contributed by atoms with Crippen molar-refractivity contribution in [2.45, 2.75) is 38.3 Å². The molecule has 1 aromatic carbocycles. The summed E-state index contributed by atoms with van der Waals surface area (Å²) >= 11 is 3.38. The molecule has 1 fully saturated rings. The highest BCUT2D eigenvalue weighted by molar-refractivity contribution is 9.10. The first-order chi connectivity index (χ1) is 11.0. The largest absolute Gasteiger partial charge is 0.335 e. The molecule has 3 N–H and O–H groups in total. The molecule has 1 aromatic rings. The quantitative estimate of drug-likeness (QED) is 0.702. The SMILES string of the molecule is CCCC1CC(C(=O)N(C)CC(=O)Nc2ccccc2Br)NN1. The number of benzene rings is 1.